The second-order valence-corrected chi connectivity index (χ2v) is 14.5. The van der Waals surface area contributed by atoms with Crippen LogP contribution in [-0.4, -0.2) is 38.9 Å². The van der Waals surface area contributed by atoms with Gasteiger partial charge in [0.15, 0.2) is 0 Å². The maximum atomic E-state index is 12.8. The molecule has 0 unspecified atom stereocenters. The van der Waals surface area contributed by atoms with Crippen LogP contribution >= 0.6 is 0 Å². The monoisotopic (exact) mass is 474 g/mol. The summed E-state index contributed by atoms with van der Waals surface area (Å²) in [6.07, 6.45) is 8.46. The van der Waals surface area contributed by atoms with E-state index < -0.39 is 17.8 Å². The molecule has 0 aliphatic heterocycles. The van der Waals surface area contributed by atoms with Crippen LogP contribution in [0, 0.1) is 45.3 Å². The van der Waals surface area contributed by atoms with E-state index in [4.69, 9.17) is 0 Å². The average molecular weight is 475 g/mol. The summed E-state index contributed by atoms with van der Waals surface area (Å²) < 4.78 is 0. The maximum Gasteiger partial charge on any atom is 0.138 e. The molecule has 3 saturated carbocycles. The number of hydrogen-bond acceptors (Lipinski definition) is 4. The van der Waals surface area contributed by atoms with E-state index in [2.05, 4.69) is 47.6 Å². The van der Waals surface area contributed by atoms with E-state index in [0.29, 0.717) is 30.0 Å². The van der Waals surface area contributed by atoms with E-state index >= 15 is 0 Å². The van der Waals surface area contributed by atoms with Crippen molar-refractivity contribution in [3.63, 3.8) is 0 Å². The van der Waals surface area contributed by atoms with Crippen molar-refractivity contribution < 1.29 is 20.1 Å². The molecule has 9 atom stereocenters. The normalized spacial score (nSPS) is 44.4. The van der Waals surface area contributed by atoms with Gasteiger partial charge in [0, 0.05) is 11.8 Å². The number of fused-ring (bicyclic) bond motifs is 5. The fraction of sp³-hybridized carbons (Fsp3) is 0.900. The smallest absolute Gasteiger partial charge is 0.138 e. The van der Waals surface area contributed by atoms with Gasteiger partial charge in [-0.1, -0.05) is 53.2 Å². The number of carbonyl (C=O) groups excluding carboxylic acids is 1. The van der Waals surface area contributed by atoms with Gasteiger partial charge in [-0.05, 0) is 98.7 Å². The zero-order valence-electron chi connectivity index (χ0n) is 22.9. The van der Waals surface area contributed by atoms with Crippen LogP contribution in [0.1, 0.15) is 107 Å². The molecule has 0 radical (unpaired) electrons. The first-order valence-corrected chi connectivity index (χ1v) is 13.8. The Bertz CT molecular complexity index is 852. The molecule has 4 aliphatic carbocycles. The highest BCUT2D eigenvalue weighted by Crippen LogP contribution is 2.73. The van der Waals surface area contributed by atoms with E-state index in [-0.39, 0.29) is 27.6 Å². The molecule has 4 heteroatoms. The van der Waals surface area contributed by atoms with Gasteiger partial charge in [0.05, 0.1) is 11.7 Å². The summed E-state index contributed by atoms with van der Waals surface area (Å²) in [5.41, 5.74) is 0.630. The maximum absolute atomic E-state index is 12.8. The number of hydrogen-bond donors (Lipinski definition) is 3. The van der Waals surface area contributed by atoms with Crippen molar-refractivity contribution in [2.75, 3.05) is 0 Å². The van der Waals surface area contributed by atoms with Crippen molar-refractivity contribution in [1.29, 1.82) is 0 Å². The minimum absolute atomic E-state index is 0.147. The fourth-order valence-corrected chi connectivity index (χ4v) is 9.61. The lowest BCUT2D eigenvalue weighted by atomic mass is 9.41. The molecule has 0 amide bonds. The molecule has 0 bridgehead atoms. The number of ketones is 1. The fourth-order valence-electron chi connectivity index (χ4n) is 9.61. The minimum Gasteiger partial charge on any atom is -0.390 e. The summed E-state index contributed by atoms with van der Waals surface area (Å²) in [5.74, 6) is 2.19. The largest absolute Gasteiger partial charge is 0.390 e. The highest BCUT2D eigenvalue weighted by molar-refractivity contribution is 5.85. The van der Waals surface area contributed by atoms with Gasteiger partial charge < -0.3 is 15.3 Å². The first kappa shape index (κ1) is 26.4. The lowest BCUT2D eigenvalue weighted by Crippen LogP contribution is -2.57. The van der Waals surface area contributed by atoms with Crippen LogP contribution in [0.25, 0.3) is 0 Å². The number of aliphatic hydroxyl groups excluding tert-OH is 2. The van der Waals surface area contributed by atoms with Gasteiger partial charge >= 0.3 is 0 Å². The highest BCUT2D eigenvalue weighted by atomic mass is 16.4. The summed E-state index contributed by atoms with van der Waals surface area (Å²) in [7, 11) is 0. The lowest BCUT2D eigenvalue weighted by Gasteiger charge is -2.63. The Kier molecular flexibility index (Phi) is 6.32. The molecule has 4 rings (SSSR count). The molecular weight excluding hydrogens is 424 g/mol. The van der Waals surface area contributed by atoms with Crippen molar-refractivity contribution in [2.45, 2.75) is 125 Å². The summed E-state index contributed by atoms with van der Waals surface area (Å²) in [6, 6.07) is 0. The third-order valence-corrected chi connectivity index (χ3v) is 12.0. The molecule has 194 valence electrons. The zero-order chi connectivity index (χ0) is 25.5. The molecule has 0 aromatic rings. The predicted molar refractivity (Wildman–Crippen MR) is 136 cm³/mol. The van der Waals surface area contributed by atoms with Gasteiger partial charge in [0.1, 0.15) is 11.9 Å². The second-order valence-electron chi connectivity index (χ2n) is 14.5. The Morgan fingerprint density at radius 2 is 1.71 bits per heavy atom. The minimum atomic E-state index is -1.31. The Balaban J connectivity index is 1.60. The van der Waals surface area contributed by atoms with Crippen molar-refractivity contribution in [3.8, 4) is 0 Å². The molecule has 0 aromatic heterocycles. The Hall–Kier alpha value is -0.710. The van der Waals surface area contributed by atoms with E-state index in [0.717, 1.165) is 25.7 Å². The molecule has 0 heterocycles. The highest BCUT2D eigenvalue weighted by Gasteiger charge is 2.65. The van der Waals surface area contributed by atoms with Crippen molar-refractivity contribution in [1.82, 2.24) is 0 Å². The summed E-state index contributed by atoms with van der Waals surface area (Å²) in [6.45, 7) is 17.2. The number of aliphatic hydroxyl groups is 3. The van der Waals surface area contributed by atoms with Gasteiger partial charge in [-0.15, -0.1) is 0 Å². The number of Topliss-reactive ketones (excluding diaryl/α,β-unsaturated/α-hetero) is 1. The topological polar surface area (TPSA) is 77.8 Å². The quantitative estimate of drug-likeness (QED) is 0.448. The van der Waals surface area contributed by atoms with Crippen LogP contribution in [0.2, 0.25) is 0 Å². The molecule has 0 spiro atoms. The number of allylic oxidation sites excluding steroid dienone is 2. The van der Waals surface area contributed by atoms with Gasteiger partial charge in [-0.25, -0.2) is 0 Å². The van der Waals surface area contributed by atoms with Crippen LogP contribution in [0.15, 0.2) is 11.6 Å². The van der Waals surface area contributed by atoms with E-state index in [9.17, 15) is 20.1 Å². The second kappa shape index (κ2) is 8.15. The van der Waals surface area contributed by atoms with Crippen LogP contribution in [0.5, 0.6) is 0 Å². The molecule has 4 nitrogen and oxygen atoms in total. The molecule has 34 heavy (non-hydrogen) atoms. The summed E-state index contributed by atoms with van der Waals surface area (Å²) in [4.78, 5) is 12.8. The Morgan fingerprint density at radius 3 is 2.32 bits per heavy atom. The summed E-state index contributed by atoms with van der Waals surface area (Å²) in [5, 5.41) is 31.3. The van der Waals surface area contributed by atoms with E-state index in [1.165, 1.54) is 19.3 Å². The van der Waals surface area contributed by atoms with E-state index in [1.807, 2.05) is 0 Å². The van der Waals surface area contributed by atoms with Crippen molar-refractivity contribution in [2.24, 2.45) is 45.3 Å². The Morgan fingerprint density at radius 1 is 1.06 bits per heavy atom. The van der Waals surface area contributed by atoms with Gasteiger partial charge in [-0.2, -0.15) is 0 Å². The number of rotatable bonds is 5. The third-order valence-electron chi connectivity index (χ3n) is 12.0. The molecule has 0 aromatic carbocycles. The third kappa shape index (κ3) is 3.60. The van der Waals surface area contributed by atoms with Crippen molar-refractivity contribution in [3.05, 3.63) is 11.6 Å². The Labute approximate surface area is 207 Å². The molecule has 3 N–H and O–H groups in total. The van der Waals surface area contributed by atoms with E-state index in [1.54, 1.807) is 19.4 Å². The zero-order valence-corrected chi connectivity index (χ0v) is 22.9. The van der Waals surface area contributed by atoms with Crippen LogP contribution < -0.4 is 0 Å². The van der Waals surface area contributed by atoms with Gasteiger partial charge in [0.2, 0.25) is 0 Å². The average Bonchev–Trinajstić information content (AvgIpc) is 3.01. The van der Waals surface area contributed by atoms with Crippen molar-refractivity contribution >= 4 is 5.78 Å². The molecule has 4 aliphatic rings. The molecule has 3 fully saturated rings. The molecule has 0 saturated heterocycles. The molecular formula is C30H50O4. The standard InChI is InChI=1S/C30H50O4/c1-18(17-22(31)25(33)27(4,5)34)19-11-15-30(8)21-9-10-23-26(2,3)24(32)13-14-28(23,6)20(21)12-16-29(19,30)7/h9,18-20,22-23,25,31,33-34H,10-17H2,1-8H3/t18-,19-,20-,22+,23-,25+,28+,29-,30+/m0/s1. The van der Waals surface area contributed by atoms with Crippen LogP contribution in [-0.2, 0) is 4.79 Å². The lowest BCUT2D eigenvalue weighted by molar-refractivity contribution is -0.146. The predicted octanol–water partition coefficient (Wildman–Crippen LogP) is 5.68. The first-order valence-electron chi connectivity index (χ1n) is 13.8. The van der Waals surface area contributed by atoms with Gasteiger partial charge in [-0.3, -0.25) is 4.79 Å². The first-order chi connectivity index (χ1) is 15.5. The SMILES string of the molecule is C[C@@H](C[C@@H](O)[C@@H](O)C(C)(C)O)[C@@H]1CC[C@]2(C)C3=CC[C@H]4C(C)(C)C(=O)CC[C@]4(C)[C@H]3CC[C@@]12C. The van der Waals surface area contributed by atoms with Crippen LogP contribution in [0.3, 0.4) is 0 Å². The van der Waals surface area contributed by atoms with Gasteiger partial charge in [0.25, 0.3) is 0 Å². The summed E-state index contributed by atoms with van der Waals surface area (Å²) >= 11 is 0. The van der Waals surface area contributed by atoms with Crippen LogP contribution in [0.4, 0.5) is 0 Å². The number of carbonyl (C=O) groups is 1.